The standard InChI is InChI=1S/C13H20N2O2/c1-2-11(9-16)15-13(17)12(14)8-10-6-4-3-5-7-10/h3-7,11-12,16H,2,8-9,14H2,1H3,(H,15,17)/t11-,12-/m1/s1. The average molecular weight is 236 g/mol. The summed E-state index contributed by atoms with van der Waals surface area (Å²) in [7, 11) is 0. The van der Waals surface area contributed by atoms with E-state index in [-0.39, 0.29) is 18.6 Å². The molecule has 0 aliphatic rings. The van der Waals surface area contributed by atoms with Crippen LogP contribution in [0.1, 0.15) is 18.9 Å². The predicted octanol–water partition coefficient (Wildman–Crippen LogP) is 0.444. The van der Waals surface area contributed by atoms with E-state index in [1.807, 2.05) is 37.3 Å². The summed E-state index contributed by atoms with van der Waals surface area (Å²) in [5.41, 5.74) is 6.85. The first-order valence-corrected chi connectivity index (χ1v) is 5.88. The van der Waals surface area contributed by atoms with Crippen molar-refractivity contribution < 1.29 is 9.90 Å². The van der Waals surface area contributed by atoms with Gasteiger partial charge in [0.1, 0.15) is 0 Å². The van der Waals surface area contributed by atoms with Gasteiger partial charge in [-0.1, -0.05) is 37.3 Å². The molecule has 0 bridgehead atoms. The monoisotopic (exact) mass is 236 g/mol. The minimum absolute atomic E-state index is 0.0553. The van der Waals surface area contributed by atoms with Crippen LogP contribution in [0.3, 0.4) is 0 Å². The second kappa shape index (κ2) is 7.04. The SMILES string of the molecule is CC[C@H](CO)NC(=O)[C@H](N)Cc1ccccc1. The number of amides is 1. The molecule has 1 rings (SSSR count). The minimum atomic E-state index is -0.571. The molecular formula is C13H20N2O2. The van der Waals surface area contributed by atoms with E-state index in [0.717, 1.165) is 5.56 Å². The summed E-state index contributed by atoms with van der Waals surface area (Å²) in [6.07, 6.45) is 1.20. The number of nitrogens with one attached hydrogen (secondary N) is 1. The van der Waals surface area contributed by atoms with Crippen molar-refractivity contribution in [3.05, 3.63) is 35.9 Å². The van der Waals surface area contributed by atoms with Crippen LogP contribution in [0.4, 0.5) is 0 Å². The third-order valence-electron chi connectivity index (χ3n) is 2.69. The van der Waals surface area contributed by atoms with Crippen molar-refractivity contribution in [1.29, 1.82) is 0 Å². The molecule has 0 saturated carbocycles. The largest absolute Gasteiger partial charge is 0.394 e. The highest BCUT2D eigenvalue weighted by atomic mass is 16.3. The lowest BCUT2D eigenvalue weighted by molar-refractivity contribution is -0.123. The maximum atomic E-state index is 11.7. The van der Waals surface area contributed by atoms with Crippen LogP contribution in [-0.4, -0.2) is 29.7 Å². The zero-order valence-electron chi connectivity index (χ0n) is 10.1. The van der Waals surface area contributed by atoms with Gasteiger partial charge in [0, 0.05) is 0 Å². The van der Waals surface area contributed by atoms with E-state index >= 15 is 0 Å². The molecule has 1 aromatic carbocycles. The van der Waals surface area contributed by atoms with E-state index in [4.69, 9.17) is 10.8 Å². The van der Waals surface area contributed by atoms with Gasteiger partial charge in [0.05, 0.1) is 18.7 Å². The average Bonchev–Trinajstić information content (AvgIpc) is 2.36. The summed E-state index contributed by atoms with van der Waals surface area (Å²) in [5, 5.41) is 11.7. The fourth-order valence-corrected chi connectivity index (χ4v) is 1.55. The fraction of sp³-hybridized carbons (Fsp3) is 0.462. The van der Waals surface area contributed by atoms with Gasteiger partial charge in [0.25, 0.3) is 0 Å². The lowest BCUT2D eigenvalue weighted by Crippen LogP contribution is -2.47. The summed E-state index contributed by atoms with van der Waals surface area (Å²) in [6, 6.07) is 8.87. The second-order valence-electron chi connectivity index (χ2n) is 4.09. The Hall–Kier alpha value is -1.39. The van der Waals surface area contributed by atoms with Crippen molar-refractivity contribution in [3.8, 4) is 0 Å². The Labute approximate surface area is 102 Å². The molecule has 0 spiro atoms. The normalized spacial score (nSPS) is 14.1. The van der Waals surface area contributed by atoms with E-state index in [1.54, 1.807) is 0 Å². The first-order valence-electron chi connectivity index (χ1n) is 5.88. The van der Waals surface area contributed by atoms with Crippen LogP contribution in [0.15, 0.2) is 30.3 Å². The molecule has 4 N–H and O–H groups in total. The Morgan fingerprint density at radius 1 is 1.41 bits per heavy atom. The highest BCUT2D eigenvalue weighted by Crippen LogP contribution is 2.02. The third kappa shape index (κ3) is 4.54. The van der Waals surface area contributed by atoms with Crippen molar-refractivity contribution >= 4 is 5.91 Å². The maximum Gasteiger partial charge on any atom is 0.237 e. The van der Waals surface area contributed by atoms with Gasteiger partial charge in [-0.3, -0.25) is 4.79 Å². The Kier molecular flexibility index (Phi) is 5.66. The van der Waals surface area contributed by atoms with Crippen LogP contribution in [0.25, 0.3) is 0 Å². The smallest absolute Gasteiger partial charge is 0.237 e. The summed E-state index contributed by atoms with van der Waals surface area (Å²) < 4.78 is 0. The Morgan fingerprint density at radius 3 is 2.59 bits per heavy atom. The molecule has 0 aliphatic heterocycles. The first-order chi connectivity index (χ1) is 8.17. The summed E-state index contributed by atoms with van der Waals surface area (Å²) >= 11 is 0. The topological polar surface area (TPSA) is 75.3 Å². The summed E-state index contributed by atoms with van der Waals surface area (Å²) in [4.78, 5) is 11.7. The number of benzene rings is 1. The molecule has 0 radical (unpaired) electrons. The number of carbonyl (C=O) groups is 1. The van der Waals surface area contributed by atoms with E-state index in [0.29, 0.717) is 12.8 Å². The maximum absolute atomic E-state index is 11.7. The quantitative estimate of drug-likeness (QED) is 0.671. The van der Waals surface area contributed by atoms with Crippen LogP contribution in [0, 0.1) is 0 Å². The lowest BCUT2D eigenvalue weighted by atomic mass is 10.1. The van der Waals surface area contributed by atoms with Crippen LogP contribution in [0.5, 0.6) is 0 Å². The van der Waals surface area contributed by atoms with Crippen molar-refractivity contribution in [2.75, 3.05) is 6.61 Å². The molecule has 2 atom stereocenters. The van der Waals surface area contributed by atoms with Crippen molar-refractivity contribution in [3.63, 3.8) is 0 Å². The summed E-state index contributed by atoms with van der Waals surface area (Å²) in [6.45, 7) is 1.85. The van der Waals surface area contributed by atoms with Crippen molar-refractivity contribution in [2.24, 2.45) is 5.73 Å². The number of hydrogen-bond donors (Lipinski definition) is 3. The summed E-state index contributed by atoms with van der Waals surface area (Å²) in [5.74, 6) is -0.213. The molecule has 0 aliphatic carbocycles. The number of carbonyl (C=O) groups excluding carboxylic acids is 1. The van der Waals surface area contributed by atoms with Gasteiger partial charge in [-0.25, -0.2) is 0 Å². The van der Waals surface area contributed by atoms with E-state index in [9.17, 15) is 4.79 Å². The molecule has 94 valence electrons. The minimum Gasteiger partial charge on any atom is -0.394 e. The molecular weight excluding hydrogens is 216 g/mol. The van der Waals surface area contributed by atoms with Gasteiger partial charge in [0.15, 0.2) is 0 Å². The molecule has 4 heteroatoms. The number of aliphatic hydroxyl groups is 1. The van der Waals surface area contributed by atoms with Crippen LogP contribution in [0.2, 0.25) is 0 Å². The van der Waals surface area contributed by atoms with E-state index < -0.39 is 6.04 Å². The van der Waals surface area contributed by atoms with Gasteiger partial charge in [-0.15, -0.1) is 0 Å². The number of hydrogen-bond acceptors (Lipinski definition) is 3. The van der Waals surface area contributed by atoms with Gasteiger partial charge in [0.2, 0.25) is 5.91 Å². The molecule has 0 unspecified atom stereocenters. The van der Waals surface area contributed by atoms with E-state index in [1.165, 1.54) is 0 Å². The molecule has 1 aromatic rings. The van der Waals surface area contributed by atoms with Crippen molar-refractivity contribution in [1.82, 2.24) is 5.32 Å². The third-order valence-corrected chi connectivity index (χ3v) is 2.69. The molecule has 0 fully saturated rings. The van der Waals surface area contributed by atoms with E-state index in [2.05, 4.69) is 5.32 Å². The lowest BCUT2D eigenvalue weighted by Gasteiger charge is -2.17. The number of aliphatic hydroxyl groups excluding tert-OH is 1. The first kappa shape index (κ1) is 13.7. The zero-order chi connectivity index (χ0) is 12.7. The second-order valence-corrected chi connectivity index (χ2v) is 4.09. The molecule has 0 saturated heterocycles. The molecule has 17 heavy (non-hydrogen) atoms. The highest BCUT2D eigenvalue weighted by molar-refractivity contribution is 5.82. The van der Waals surface area contributed by atoms with Gasteiger partial charge >= 0.3 is 0 Å². The zero-order valence-corrected chi connectivity index (χ0v) is 10.1. The van der Waals surface area contributed by atoms with Gasteiger partial charge in [-0.05, 0) is 18.4 Å². The fourth-order valence-electron chi connectivity index (χ4n) is 1.55. The Balaban J connectivity index is 2.47. The number of nitrogens with two attached hydrogens (primary N) is 1. The van der Waals surface area contributed by atoms with Crippen molar-refractivity contribution in [2.45, 2.75) is 31.8 Å². The Morgan fingerprint density at radius 2 is 2.06 bits per heavy atom. The van der Waals surface area contributed by atoms with Gasteiger partial charge in [-0.2, -0.15) is 0 Å². The Bertz CT molecular complexity index is 337. The van der Waals surface area contributed by atoms with Crippen LogP contribution < -0.4 is 11.1 Å². The highest BCUT2D eigenvalue weighted by Gasteiger charge is 2.16. The molecule has 4 nitrogen and oxygen atoms in total. The number of rotatable bonds is 6. The van der Waals surface area contributed by atoms with Gasteiger partial charge < -0.3 is 16.2 Å². The molecule has 0 aromatic heterocycles. The van der Waals surface area contributed by atoms with Crippen LogP contribution in [-0.2, 0) is 11.2 Å². The molecule has 1 amide bonds. The molecule has 0 heterocycles. The van der Waals surface area contributed by atoms with Crippen LogP contribution >= 0.6 is 0 Å². The predicted molar refractivity (Wildman–Crippen MR) is 67.4 cm³/mol.